The molecule has 0 radical (unpaired) electrons. The summed E-state index contributed by atoms with van der Waals surface area (Å²) in [5.41, 5.74) is 0.566. The lowest BCUT2D eigenvalue weighted by Gasteiger charge is -2.20. The second kappa shape index (κ2) is 6.57. The molecule has 0 aliphatic rings. The van der Waals surface area contributed by atoms with Gasteiger partial charge in [0.2, 0.25) is 11.8 Å². The molecule has 4 nitrogen and oxygen atoms in total. The largest absolute Gasteiger partial charge is 0.350 e. The van der Waals surface area contributed by atoms with Crippen LogP contribution in [-0.4, -0.2) is 23.9 Å². The van der Waals surface area contributed by atoms with Crippen LogP contribution in [0.2, 0.25) is 5.02 Å². The van der Waals surface area contributed by atoms with Crippen LogP contribution in [0.3, 0.4) is 0 Å². The van der Waals surface area contributed by atoms with E-state index in [9.17, 15) is 9.59 Å². The quantitative estimate of drug-likeness (QED) is 0.886. The maximum absolute atomic E-state index is 11.6. The molecule has 1 aromatic carbocycles. The first-order chi connectivity index (χ1) is 8.76. The fraction of sp³-hybridized carbons (Fsp3) is 0.429. The average molecular weight is 283 g/mol. The van der Waals surface area contributed by atoms with E-state index < -0.39 is 0 Å². The van der Waals surface area contributed by atoms with Crippen molar-refractivity contribution in [3.05, 3.63) is 34.9 Å². The van der Waals surface area contributed by atoms with Crippen molar-refractivity contribution in [2.24, 2.45) is 0 Å². The standard InChI is InChI=1S/C14H19ClN2O2/c1-14(2,3)17-13(19)9-16-12(18)8-10-4-6-11(15)7-5-10/h4-7H,8-9H2,1-3H3,(H,16,18)(H,17,19). The highest BCUT2D eigenvalue weighted by atomic mass is 35.5. The molecule has 1 rings (SSSR count). The van der Waals surface area contributed by atoms with Crippen LogP contribution in [0.15, 0.2) is 24.3 Å². The van der Waals surface area contributed by atoms with Crippen molar-refractivity contribution >= 4 is 23.4 Å². The molecule has 0 heterocycles. The Morgan fingerprint density at radius 3 is 2.21 bits per heavy atom. The minimum atomic E-state index is -0.294. The molecule has 0 aliphatic heterocycles. The zero-order valence-electron chi connectivity index (χ0n) is 11.4. The van der Waals surface area contributed by atoms with Crippen molar-refractivity contribution < 1.29 is 9.59 Å². The van der Waals surface area contributed by atoms with Gasteiger partial charge in [0.15, 0.2) is 0 Å². The first-order valence-electron chi connectivity index (χ1n) is 6.08. The number of halogens is 1. The molecular formula is C14H19ClN2O2. The monoisotopic (exact) mass is 282 g/mol. The van der Waals surface area contributed by atoms with E-state index in [1.165, 1.54) is 0 Å². The number of rotatable bonds is 4. The van der Waals surface area contributed by atoms with Gasteiger partial charge in [-0.1, -0.05) is 23.7 Å². The van der Waals surface area contributed by atoms with E-state index in [-0.39, 0.29) is 30.3 Å². The van der Waals surface area contributed by atoms with Crippen molar-refractivity contribution in [2.45, 2.75) is 32.7 Å². The maximum Gasteiger partial charge on any atom is 0.239 e. The van der Waals surface area contributed by atoms with Crippen LogP contribution in [0.25, 0.3) is 0 Å². The van der Waals surface area contributed by atoms with Crippen LogP contribution in [0, 0.1) is 0 Å². The summed E-state index contributed by atoms with van der Waals surface area (Å²) < 4.78 is 0. The topological polar surface area (TPSA) is 58.2 Å². The summed E-state index contributed by atoms with van der Waals surface area (Å²) in [6.45, 7) is 5.66. The minimum absolute atomic E-state index is 0.0102. The molecule has 1 aromatic rings. The molecule has 0 bridgehead atoms. The first-order valence-corrected chi connectivity index (χ1v) is 6.46. The van der Waals surface area contributed by atoms with Crippen LogP contribution in [0.1, 0.15) is 26.3 Å². The lowest BCUT2D eigenvalue weighted by Crippen LogP contribution is -2.46. The molecule has 0 aromatic heterocycles. The van der Waals surface area contributed by atoms with Crippen LogP contribution in [0.4, 0.5) is 0 Å². The van der Waals surface area contributed by atoms with E-state index in [0.717, 1.165) is 5.56 Å². The Balaban J connectivity index is 2.36. The van der Waals surface area contributed by atoms with Gasteiger partial charge < -0.3 is 10.6 Å². The Morgan fingerprint density at radius 1 is 1.11 bits per heavy atom. The molecule has 104 valence electrons. The second-order valence-electron chi connectivity index (χ2n) is 5.38. The zero-order valence-corrected chi connectivity index (χ0v) is 12.2. The predicted octanol–water partition coefficient (Wildman–Crippen LogP) is 1.91. The lowest BCUT2D eigenvalue weighted by molar-refractivity contribution is -0.126. The Bertz CT molecular complexity index is 450. The van der Waals surface area contributed by atoms with E-state index in [4.69, 9.17) is 11.6 Å². The molecule has 0 atom stereocenters. The van der Waals surface area contributed by atoms with Gasteiger partial charge in [0.25, 0.3) is 0 Å². The molecule has 2 amide bonds. The van der Waals surface area contributed by atoms with Crippen molar-refractivity contribution in [1.82, 2.24) is 10.6 Å². The zero-order chi connectivity index (χ0) is 14.5. The van der Waals surface area contributed by atoms with Crippen molar-refractivity contribution in [3.8, 4) is 0 Å². The lowest BCUT2D eigenvalue weighted by atomic mass is 10.1. The summed E-state index contributed by atoms with van der Waals surface area (Å²) in [7, 11) is 0. The third-order valence-corrected chi connectivity index (χ3v) is 2.49. The van der Waals surface area contributed by atoms with Gasteiger partial charge in [0.1, 0.15) is 0 Å². The molecular weight excluding hydrogens is 264 g/mol. The van der Waals surface area contributed by atoms with Crippen molar-refractivity contribution in [3.63, 3.8) is 0 Å². The third-order valence-electron chi connectivity index (χ3n) is 2.24. The summed E-state index contributed by atoms with van der Waals surface area (Å²) in [6.07, 6.45) is 0.236. The summed E-state index contributed by atoms with van der Waals surface area (Å²) in [5.74, 6) is -0.386. The summed E-state index contributed by atoms with van der Waals surface area (Å²) >= 11 is 5.76. The van der Waals surface area contributed by atoms with Crippen LogP contribution in [0.5, 0.6) is 0 Å². The molecule has 0 unspecified atom stereocenters. The highest BCUT2D eigenvalue weighted by Gasteiger charge is 2.14. The minimum Gasteiger partial charge on any atom is -0.350 e. The van der Waals surface area contributed by atoms with Gasteiger partial charge in [-0.2, -0.15) is 0 Å². The fourth-order valence-electron chi connectivity index (χ4n) is 1.49. The molecule has 19 heavy (non-hydrogen) atoms. The number of hydrogen-bond donors (Lipinski definition) is 2. The molecule has 5 heteroatoms. The Labute approximate surface area is 118 Å². The molecule has 0 aliphatic carbocycles. The number of amides is 2. The Hall–Kier alpha value is -1.55. The summed E-state index contributed by atoms with van der Waals surface area (Å²) in [4.78, 5) is 23.2. The van der Waals surface area contributed by atoms with Crippen molar-refractivity contribution in [2.75, 3.05) is 6.54 Å². The number of carbonyl (C=O) groups excluding carboxylic acids is 2. The predicted molar refractivity (Wildman–Crippen MR) is 76.1 cm³/mol. The Kier molecular flexibility index (Phi) is 5.36. The van der Waals surface area contributed by atoms with Crippen LogP contribution < -0.4 is 10.6 Å². The molecule has 2 N–H and O–H groups in total. The summed E-state index contributed by atoms with van der Waals surface area (Å²) in [5, 5.41) is 5.99. The van der Waals surface area contributed by atoms with Gasteiger partial charge in [0, 0.05) is 10.6 Å². The van der Waals surface area contributed by atoms with E-state index in [0.29, 0.717) is 5.02 Å². The third kappa shape index (κ3) is 6.82. The van der Waals surface area contributed by atoms with Gasteiger partial charge in [-0.05, 0) is 38.5 Å². The maximum atomic E-state index is 11.6. The fourth-order valence-corrected chi connectivity index (χ4v) is 1.62. The molecule has 0 spiro atoms. The number of benzene rings is 1. The first kappa shape index (κ1) is 15.5. The van der Waals surface area contributed by atoms with Gasteiger partial charge in [0.05, 0.1) is 13.0 Å². The molecule has 0 saturated heterocycles. The summed E-state index contributed by atoms with van der Waals surface area (Å²) in [6, 6.07) is 7.04. The van der Waals surface area contributed by atoms with E-state index in [1.807, 2.05) is 20.8 Å². The highest BCUT2D eigenvalue weighted by molar-refractivity contribution is 6.30. The normalized spacial score (nSPS) is 10.9. The average Bonchev–Trinajstić information content (AvgIpc) is 2.27. The van der Waals surface area contributed by atoms with E-state index in [2.05, 4.69) is 10.6 Å². The van der Waals surface area contributed by atoms with Gasteiger partial charge in [-0.3, -0.25) is 9.59 Å². The SMILES string of the molecule is CC(C)(C)NC(=O)CNC(=O)Cc1ccc(Cl)cc1. The number of carbonyl (C=O) groups is 2. The van der Waals surface area contributed by atoms with Gasteiger partial charge >= 0.3 is 0 Å². The smallest absolute Gasteiger partial charge is 0.239 e. The Morgan fingerprint density at radius 2 is 1.68 bits per heavy atom. The number of nitrogens with one attached hydrogen (secondary N) is 2. The van der Waals surface area contributed by atoms with E-state index in [1.54, 1.807) is 24.3 Å². The van der Waals surface area contributed by atoms with Crippen LogP contribution >= 0.6 is 11.6 Å². The highest BCUT2D eigenvalue weighted by Crippen LogP contribution is 2.09. The van der Waals surface area contributed by atoms with Crippen molar-refractivity contribution in [1.29, 1.82) is 0 Å². The van der Waals surface area contributed by atoms with Gasteiger partial charge in [-0.25, -0.2) is 0 Å². The molecule has 0 fully saturated rings. The second-order valence-corrected chi connectivity index (χ2v) is 5.81. The van der Waals surface area contributed by atoms with Crippen LogP contribution in [-0.2, 0) is 16.0 Å². The number of hydrogen-bond acceptors (Lipinski definition) is 2. The molecule has 0 saturated carbocycles. The van der Waals surface area contributed by atoms with E-state index >= 15 is 0 Å². The van der Waals surface area contributed by atoms with Gasteiger partial charge in [-0.15, -0.1) is 0 Å².